The third-order valence-electron chi connectivity index (χ3n) is 2.21. The summed E-state index contributed by atoms with van der Waals surface area (Å²) in [5, 5.41) is 0. The van der Waals surface area contributed by atoms with E-state index >= 15 is 0 Å². The molecule has 0 aromatic carbocycles. The van der Waals surface area contributed by atoms with Gasteiger partial charge in [0.25, 0.3) is 0 Å². The first-order chi connectivity index (χ1) is 7.00. The van der Waals surface area contributed by atoms with Gasteiger partial charge in [-0.25, -0.2) is 4.98 Å². The molecule has 6 heteroatoms. The summed E-state index contributed by atoms with van der Waals surface area (Å²) in [7, 11) is 0. The second-order valence-corrected chi connectivity index (χ2v) is 4.35. The van der Waals surface area contributed by atoms with Crippen molar-refractivity contribution in [2.24, 2.45) is 0 Å². The van der Waals surface area contributed by atoms with Crippen LogP contribution >= 0.6 is 22.6 Å². The van der Waals surface area contributed by atoms with Gasteiger partial charge < -0.3 is 9.97 Å². The van der Waals surface area contributed by atoms with Crippen molar-refractivity contribution in [3.05, 3.63) is 35.5 Å². The summed E-state index contributed by atoms with van der Waals surface area (Å²) in [6.07, 6.45) is 0. The molecule has 2 heterocycles. The van der Waals surface area contributed by atoms with Gasteiger partial charge in [0.15, 0.2) is 5.65 Å². The maximum absolute atomic E-state index is 11.2. The normalized spacial score (nSPS) is 10.9. The molecule has 0 atom stereocenters. The fourth-order valence-corrected chi connectivity index (χ4v) is 1.80. The number of aryl methyl sites for hydroxylation is 2. The van der Waals surface area contributed by atoms with Gasteiger partial charge in [0.05, 0.1) is 11.2 Å². The first-order valence-corrected chi connectivity index (χ1v) is 5.37. The number of H-pyrrole nitrogens is 2. The molecule has 2 aromatic heterocycles. The minimum Gasteiger partial charge on any atom is -0.314 e. The van der Waals surface area contributed by atoms with E-state index in [0.29, 0.717) is 11.2 Å². The lowest BCUT2D eigenvalue weighted by Gasteiger charge is -2.05. The number of hydrogen-bond acceptors (Lipinski definition) is 3. The van der Waals surface area contributed by atoms with Crippen LogP contribution in [0.25, 0.3) is 11.2 Å². The van der Waals surface area contributed by atoms with Gasteiger partial charge in [-0.2, -0.15) is 0 Å². The highest BCUT2D eigenvalue weighted by molar-refractivity contribution is 14.1. The molecule has 0 radical (unpaired) electrons. The summed E-state index contributed by atoms with van der Waals surface area (Å²) in [5.41, 5.74) is 1.46. The molecule has 0 fully saturated rings. The summed E-state index contributed by atoms with van der Waals surface area (Å²) < 4.78 is 0.989. The number of aromatic amines is 2. The number of nitrogens with one attached hydrogen (secondary N) is 2. The van der Waals surface area contributed by atoms with E-state index in [4.69, 9.17) is 0 Å². The van der Waals surface area contributed by atoms with Gasteiger partial charge in [-0.05, 0) is 42.0 Å². The number of hydrogen-bond donors (Lipinski definition) is 2. The molecule has 0 amide bonds. The van der Waals surface area contributed by atoms with Crippen LogP contribution in [0, 0.1) is 17.4 Å². The maximum atomic E-state index is 11.2. The van der Waals surface area contributed by atoms with Crippen LogP contribution in [0.15, 0.2) is 9.59 Å². The van der Waals surface area contributed by atoms with Crippen LogP contribution in [0.3, 0.4) is 0 Å². The van der Waals surface area contributed by atoms with Crippen LogP contribution in [0.4, 0.5) is 0 Å². The Morgan fingerprint density at radius 2 is 1.73 bits per heavy atom. The zero-order chi connectivity index (χ0) is 11.2. The number of rotatable bonds is 0. The Morgan fingerprint density at radius 3 is 2.40 bits per heavy atom. The third kappa shape index (κ3) is 1.58. The Hall–Kier alpha value is -1.18. The topological polar surface area (TPSA) is 78.6 Å². The van der Waals surface area contributed by atoms with Gasteiger partial charge >= 0.3 is 11.1 Å². The average molecular weight is 317 g/mol. The molecular formula is C9H8IN3O2. The largest absolute Gasteiger partial charge is 0.315 e. The van der Waals surface area contributed by atoms with Gasteiger partial charge in [0.1, 0.15) is 0 Å². The van der Waals surface area contributed by atoms with Crippen LogP contribution < -0.4 is 11.1 Å². The average Bonchev–Trinajstić information content (AvgIpc) is 2.19. The van der Waals surface area contributed by atoms with Crippen LogP contribution in [0.5, 0.6) is 0 Å². The Balaban J connectivity index is 3.06. The van der Waals surface area contributed by atoms with E-state index in [-0.39, 0.29) is 0 Å². The lowest BCUT2D eigenvalue weighted by atomic mass is 10.2. The molecule has 2 N–H and O–H groups in total. The minimum absolute atomic E-state index is 0.426. The Labute approximate surface area is 98.1 Å². The first kappa shape index (κ1) is 10.3. The summed E-state index contributed by atoms with van der Waals surface area (Å²) in [5.74, 6) is 0. The molecule has 2 rings (SSSR count). The van der Waals surface area contributed by atoms with Crippen molar-refractivity contribution >= 4 is 33.8 Å². The predicted molar refractivity (Wildman–Crippen MR) is 65.2 cm³/mol. The van der Waals surface area contributed by atoms with Crippen LogP contribution in [0.2, 0.25) is 0 Å². The summed E-state index contributed by atoms with van der Waals surface area (Å²) in [4.78, 5) is 31.4. The smallest absolute Gasteiger partial charge is 0.314 e. The Morgan fingerprint density at radius 1 is 1.13 bits per heavy atom. The molecule has 5 nitrogen and oxygen atoms in total. The second kappa shape index (κ2) is 3.44. The predicted octanol–water partition coefficient (Wildman–Crippen LogP) is 0.833. The van der Waals surface area contributed by atoms with Gasteiger partial charge in [-0.3, -0.25) is 9.59 Å². The molecular weight excluding hydrogens is 309 g/mol. The van der Waals surface area contributed by atoms with E-state index in [1.807, 2.05) is 13.8 Å². The highest BCUT2D eigenvalue weighted by atomic mass is 127. The maximum Gasteiger partial charge on any atom is 0.315 e. The second-order valence-electron chi connectivity index (χ2n) is 3.27. The molecule has 0 unspecified atom stereocenters. The van der Waals surface area contributed by atoms with Crippen molar-refractivity contribution in [3.8, 4) is 0 Å². The summed E-state index contributed by atoms with van der Waals surface area (Å²) in [6.45, 7) is 3.74. The molecule has 0 saturated carbocycles. The summed E-state index contributed by atoms with van der Waals surface area (Å²) in [6, 6.07) is 0. The number of aromatic nitrogens is 3. The fourth-order valence-electron chi connectivity index (χ4n) is 1.41. The quantitative estimate of drug-likeness (QED) is 0.558. The number of fused-ring (bicyclic) bond motifs is 1. The van der Waals surface area contributed by atoms with Gasteiger partial charge in [0.2, 0.25) is 0 Å². The van der Waals surface area contributed by atoms with Crippen molar-refractivity contribution in [1.82, 2.24) is 15.0 Å². The van der Waals surface area contributed by atoms with E-state index in [1.165, 1.54) is 0 Å². The van der Waals surface area contributed by atoms with Gasteiger partial charge in [0, 0.05) is 3.57 Å². The molecule has 0 aliphatic heterocycles. The van der Waals surface area contributed by atoms with E-state index < -0.39 is 11.1 Å². The van der Waals surface area contributed by atoms with Crippen LogP contribution in [0.1, 0.15) is 11.3 Å². The molecule has 0 spiro atoms. The zero-order valence-electron chi connectivity index (χ0n) is 8.14. The number of halogens is 1. The van der Waals surface area contributed by atoms with Crippen molar-refractivity contribution in [2.75, 3.05) is 0 Å². The summed E-state index contributed by atoms with van der Waals surface area (Å²) >= 11 is 2.16. The Bertz CT molecular complexity index is 657. The first-order valence-electron chi connectivity index (χ1n) is 4.29. The van der Waals surface area contributed by atoms with Gasteiger partial charge in [-0.15, -0.1) is 0 Å². The van der Waals surface area contributed by atoms with Crippen molar-refractivity contribution in [3.63, 3.8) is 0 Å². The molecule has 2 aromatic rings. The zero-order valence-corrected chi connectivity index (χ0v) is 10.3. The van der Waals surface area contributed by atoms with Crippen molar-refractivity contribution in [1.29, 1.82) is 0 Å². The fraction of sp³-hybridized carbons (Fsp3) is 0.222. The molecule has 0 aliphatic rings. The third-order valence-corrected chi connectivity index (χ3v) is 3.80. The van der Waals surface area contributed by atoms with Crippen molar-refractivity contribution in [2.45, 2.75) is 13.8 Å². The minimum atomic E-state index is -0.671. The van der Waals surface area contributed by atoms with E-state index in [2.05, 4.69) is 37.5 Å². The monoisotopic (exact) mass is 317 g/mol. The standard InChI is InChI=1S/C9H8IN3O2/c1-3-5(10)4(2)11-7-6(3)12-8(14)9(15)13-7/h1-2H3,(H,12,14)(H,11,13,15). The van der Waals surface area contributed by atoms with Crippen LogP contribution in [-0.2, 0) is 0 Å². The number of pyridine rings is 1. The molecule has 15 heavy (non-hydrogen) atoms. The lowest BCUT2D eigenvalue weighted by molar-refractivity contribution is 1.08. The van der Waals surface area contributed by atoms with E-state index in [0.717, 1.165) is 14.8 Å². The molecule has 0 bridgehead atoms. The highest BCUT2D eigenvalue weighted by Gasteiger charge is 2.08. The number of nitrogens with zero attached hydrogens (tertiary/aromatic N) is 1. The Kier molecular flexibility index (Phi) is 2.37. The lowest BCUT2D eigenvalue weighted by Crippen LogP contribution is -2.29. The molecule has 78 valence electrons. The molecule has 0 aliphatic carbocycles. The highest BCUT2D eigenvalue weighted by Crippen LogP contribution is 2.19. The molecule has 0 saturated heterocycles. The van der Waals surface area contributed by atoms with Crippen molar-refractivity contribution < 1.29 is 0 Å². The van der Waals surface area contributed by atoms with E-state index in [1.54, 1.807) is 0 Å². The van der Waals surface area contributed by atoms with Crippen LogP contribution in [-0.4, -0.2) is 15.0 Å². The van der Waals surface area contributed by atoms with Gasteiger partial charge in [-0.1, -0.05) is 0 Å². The SMILES string of the molecule is Cc1nc2[nH]c(=O)c(=O)[nH]c2c(C)c1I. The van der Waals surface area contributed by atoms with E-state index in [9.17, 15) is 9.59 Å².